The molecule has 7 heteroatoms. The Bertz CT molecular complexity index is 1070. The summed E-state index contributed by atoms with van der Waals surface area (Å²) in [7, 11) is 1.61. The molecule has 1 amide bonds. The number of methoxy groups -OCH3 is 1. The molecule has 6 nitrogen and oxygen atoms in total. The predicted molar refractivity (Wildman–Crippen MR) is 106 cm³/mol. The van der Waals surface area contributed by atoms with Crippen LogP contribution in [0.15, 0.2) is 60.4 Å². The maximum absolute atomic E-state index is 12.1. The second-order valence-corrected chi connectivity index (χ2v) is 6.89. The van der Waals surface area contributed by atoms with E-state index in [1.807, 2.05) is 60.4 Å². The van der Waals surface area contributed by atoms with Crippen LogP contribution in [0.4, 0.5) is 0 Å². The lowest BCUT2D eigenvalue weighted by Crippen LogP contribution is -2.26. The van der Waals surface area contributed by atoms with Crippen molar-refractivity contribution in [3.8, 4) is 22.3 Å². The summed E-state index contributed by atoms with van der Waals surface area (Å²) in [6.45, 7) is 0.985. The van der Waals surface area contributed by atoms with Crippen molar-refractivity contribution in [2.24, 2.45) is 0 Å². The van der Waals surface area contributed by atoms with Crippen LogP contribution in [-0.4, -0.2) is 40.8 Å². The van der Waals surface area contributed by atoms with Gasteiger partial charge in [-0.05, 0) is 22.6 Å². The summed E-state index contributed by atoms with van der Waals surface area (Å²) in [6.07, 6.45) is 5.57. The average molecular weight is 378 g/mol. The van der Waals surface area contributed by atoms with Crippen molar-refractivity contribution in [3.05, 3.63) is 65.2 Å². The number of aromatic nitrogens is 3. The van der Waals surface area contributed by atoms with Gasteiger partial charge in [-0.25, -0.2) is 9.50 Å². The lowest BCUT2D eigenvalue weighted by molar-refractivity contribution is 0.0941. The second-order valence-electron chi connectivity index (χ2n) is 5.98. The molecular formula is C20H18N4O2S. The van der Waals surface area contributed by atoms with Crippen LogP contribution in [0.3, 0.4) is 0 Å². The topological polar surface area (TPSA) is 68.5 Å². The number of carbonyl (C=O) groups excluding carboxylic acids is 1. The Balaban J connectivity index is 1.59. The van der Waals surface area contributed by atoms with Crippen LogP contribution in [-0.2, 0) is 4.74 Å². The molecule has 0 saturated carbocycles. The molecule has 0 aliphatic carbocycles. The van der Waals surface area contributed by atoms with Crippen molar-refractivity contribution in [2.75, 3.05) is 20.3 Å². The van der Waals surface area contributed by atoms with Crippen molar-refractivity contribution in [1.29, 1.82) is 0 Å². The van der Waals surface area contributed by atoms with Gasteiger partial charge in [-0.1, -0.05) is 30.3 Å². The van der Waals surface area contributed by atoms with E-state index in [4.69, 9.17) is 4.74 Å². The molecule has 4 rings (SSSR count). The number of nitrogens with zero attached hydrogens (tertiary/aromatic N) is 3. The van der Waals surface area contributed by atoms with Gasteiger partial charge in [0.25, 0.3) is 5.91 Å². The molecule has 0 radical (unpaired) electrons. The third-order valence-electron chi connectivity index (χ3n) is 4.19. The number of ether oxygens (including phenoxy) is 1. The van der Waals surface area contributed by atoms with Crippen LogP contribution < -0.4 is 5.32 Å². The number of hydrogen-bond acceptors (Lipinski definition) is 5. The molecule has 0 atom stereocenters. The third kappa shape index (κ3) is 3.60. The summed E-state index contributed by atoms with van der Waals surface area (Å²) < 4.78 is 6.72. The second kappa shape index (κ2) is 7.69. The minimum absolute atomic E-state index is 0.0946. The summed E-state index contributed by atoms with van der Waals surface area (Å²) in [4.78, 5) is 17.4. The van der Waals surface area contributed by atoms with Crippen LogP contribution in [0.5, 0.6) is 0 Å². The third-order valence-corrected chi connectivity index (χ3v) is 5.12. The number of thiophene rings is 1. The largest absolute Gasteiger partial charge is 0.383 e. The van der Waals surface area contributed by atoms with E-state index in [0.29, 0.717) is 18.0 Å². The standard InChI is InChI=1S/C20H18N4O2S/c1-26-8-7-21-20(25)18-9-15(13-27-18)16-10-22-19-17(11-23-24(19)12-16)14-5-3-2-4-6-14/h2-6,9-13H,7-8H2,1H3,(H,21,25). The molecular weight excluding hydrogens is 360 g/mol. The number of nitrogens with one attached hydrogen (secondary N) is 1. The lowest BCUT2D eigenvalue weighted by atomic mass is 10.1. The van der Waals surface area contributed by atoms with Crippen LogP contribution >= 0.6 is 11.3 Å². The van der Waals surface area contributed by atoms with Gasteiger partial charge < -0.3 is 10.1 Å². The van der Waals surface area contributed by atoms with Crippen LogP contribution in [0, 0.1) is 0 Å². The molecule has 3 heterocycles. The van der Waals surface area contributed by atoms with Gasteiger partial charge in [0.05, 0.1) is 17.7 Å². The fraction of sp³-hybridized carbons (Fsp3) is 0.150. The molecule has 1 aromatic carbocycles. The van der Waals surface area contributed by atoms with E-state index in [9.17, 15) is 4.79 Å². The smallest absolute Gasteiger partial charge is 0.261 e. The van der Waals surface area contributed by atoms with Crippen molar-refractivity contribution >= 4 is 22.9 Å². The van der Waals surface area contributed by atoms with Crippen molar-refractivity contribution in [3.63, 3.8) is 0 Å². The number of rotatable bonds is 6. The molecule has 0 aliphatic rings. The first-order chi connectivity index (χ1) is 13.3. The van der Waals surface area contributed by atoms with E-state index in [1.165, 1.54) is 11.3 Å². The number of fused-ring (bicyclic) bond motifs is 1. The summed E-state index contributed by atoms with van der Waals surface area (Å²) in [6, 6.07) is 11.9. The Labute approximate surface area is 160 Å². The SMILES string of the molecule is COCCNC(=O)c1cc(-c2cnc3c(-c4ccccc4)cnn3c2)cs1. The molecule has 0 unspecified atom stereocenters. The van der Waals surface area contributed by atoms with E-state index in [2.05, 4.69) is 15.4 Å². The van der Waals surface area contributed by atoms with Crippen LogP contribution in [0.25, 0.3) is 27.9 Å². The van der Waals surface area contributed by atoms with Crippen LogP contribution in [0.2, 0.25) is 0 Å². The molecule has 0 spiro atoms. The quantitative estimate of drug-likeness (QED) is 0.522. The van der Waals surface area contributed by atoms with E-state index in [0.717, 1.165) is 27.9 Å². The van der Waals surface area contributed by atoms with Gasteiger partial charge in [0.1, 0.15) is 0 Å². The molecule has 27 heavy (non-hydrogen) atoms. The molecule has 3 aromatic heterocycles. The zero-order valence-corrected chi connectivity index (χ0v) is 15.6. The fourth-order valence-electron chi connectivity index (χ4n) is 2.81. The molecule has 0 fully saturated rings. The van der Waals surface area contributed by atoms with Crippen molar-refractivity contribution in [1.82, 2.24) is 19.9 Å². The molecule has 4 aromatic rings. The highest BCUT2D eigenvalue weighted by Crippen LogP contribution is 2.28. The fourth-order valence-corrected chi connectivity index (χ4v) is 3.64. The van der Waals surface area contributed by atoms with Crippen molar-refractivity contribution in [2.45, 2.75) is 0 Å². The Hall–Kier alpha value is -3.03. The lowest BCUT2D eigenvalue weighted by Gasteiger charge is -2.02. The Morgan fingerprint density at radius 1 is 1.19 bits per heavy atom. The van der Waals surface area contributed by atoms with Gasteiger partial charge in [-0.15, -0.1) is 11.3 Å². The van der Waals surface area contributed by atoms with Gasteiger partial charge >= 0.3 is 0 Å². The summed E-state index contributed by atoms with van der Waals surface area (Å²) >= 11 is 1.41. The summed E-state index contributed by atoms with van der Waals surface area (Å²) in [5.41, 5.74) is 4.74. The highest BCUT2D eigenvalue weighted by atomic mass is 32.1. The molecule has 1 N–H and O–H groups in total. The highest BCUT2D eigenvalue weighted by Gasteiger charge is 2.12. The van der Waals surface area contributed by atoms with E-state index in [1.54, 1.807) is 11.6 Å². The predicted octanol–water partition coefficient (Wildman–Crippen LogP) is 3.50. The van der Waals surface area contributed by atoms with E-state index >= 15 is 0 Å². The monoisotopic (exact) mass is 378 g/mol. The maximum Gasteiger partial charge on any atom is 0.261 e. The first-order valence-electron chi connectivity index (χ1n) is 8.51. The van der Waals surface area contributed by atoms with E-state index in [-0.39, 0.29) is 5.91 Å². The first kappa shape index (κ1) is 17.4. The zero-order valence-electron chi connectivity index (χ0n) is 14.8. The number of hydrogen-bond donors (Lipinski definition) is 1. The van der Waals surface area contributed by atoms with Gasteiger partial charge in [0.2, 0.25) is 0 Å². The molecule has 0 saturated heterocycles. The summed E-state index contributed by atoms with van der Waals surface area (Å²) in [5.74, 6) is -0.0946. The minimum atomic E-state index is -0.0946. The normalized spacial score (nSPS) is 11.0. The van der Waals surface area contributed by atoms with Crippen LogP contribution in [0.1, 0.15) is 9.67 Å². The molecule has 136 valence electrons. The maximum atomic E-state index is 12.1. The van der Waals surface area contributed by atoms with Gasteiger partial charge in [0.15, 0.2) is 5.65 Å². The average Bonchev–Trinajstić information content (AvgIpc) is 3.36. The minimum Gasteiger partial charge on any atom is -0.383 e. The Morgan fingerprint density at radius 2 is 2.04 bits per heavy atom. The first-order valence-corrected chi connectivity index (χ1v) is 9.39. The molecule has 0 aliphatic heterocycles. The number of amides is 1. The summed E-state index contributed by atoms with van der Waals surface area (Å²) in [5, 5.41) is 9.22. The zero-order chi connectivity index (χ0) is 18.6. The highest BCUT2D eigenvalue weighted by molar-refractivity contribution is 7.12. The van der Waals surface area contributed by atoms with Gasteiger partial charge in [0, 0.05) is 37.2 Å². The Morgan fingerprint density at radius 3 is 2.85 bits per heavy atom. The van der Waals surface area contributed by atoms with Crippen molar-refractivity contribution < 1.29 is 9.53 Å². The van der Waals surface area contributed by atoms with Gasteiger partial charge in [-0.2, -0.15) is 5.10 Å². The number of benzene rings is 1. The van der Waals surface area contributed by atoms with Gasteiger partial charge in [-0.3, -0.25) is 4.79 Å². The molecule has 0 bridgehead atoms. The Kier molecular flexibility index (Phi) is 4.95. The number of carbonyl (C=O) groups is 1. The van der Waals surface area contributed by atoms with E-state index < -0.39 is 0 Å².